The summed E-state index contributed by atoms with van der Waals surface area (Å²) in [5.74, 6) is -1.65. The highest BCUT2D eigenvalue weighted by molar-refractivity contribution is 5.97. The van der Waals surface area contributed by atoms with Crippen LogP contribution in [0, 0.1) is 10.8 Å². The van der Waals surface area contributed by atoms with Gasteiger partial charge in [0.1, 0.15) is 0 Å². The van der Waals surface area contributed by atoms with Gasteiger partial charge >= 0.3 is 12.2 Å². The Hall–Kier alpha value is -2.52. The zero-order valence-electron chi connectivity index (χ0n) is 6.68. The molecule has 1 heterocycles. The molecule has 1 rings (SSSR count). The van der Waals surface area contributed by atoms with Crippen molar-refractivity contribution in [2.24, 2.45) is 11.5 Å². The zero-order valence-corrected chi connectivity index (χ0v) is 6.68. The van der Waals surface area contributed by atoms with Gasteiger partial charge in [-0.05, 0) is 0 Å². The topological polar surface area (TPSA) is 159 Å². The first kappa shape index (κ1) is 9.57. The summed E-state index contributed by atoms with van der Waals surface area (Å²) < 4.78 is 0. The number of amides is 2. The minimum Gasteiger partial charge on any atom is -0.367 e. The number of hydrogen-bond acceptors (Lipinski definition) is 6. The summed E-state index contributed by atoms with van der Waals surface area (Å²) in [4.78, 5) is 30.2. The van der Waals surface area contributed by atoms with E-state index in [1.54, 1.807) is 0 Å². The molecule has 0 aromatic carbocycles. The van der Waals surface area contributed by atoms with Crippen LogP contribution in [0.5, 0.6) is 0 Å². The van der Waals surface area contributed by atoms with Gasteiger partial charge in [-0.25, -0.2) is 9.59 Å². The molecule has 76 valence electrons. The van der Waals surface area contributed by atoms with Gasteiger partial charge < -0.3 is 21.1 Å². The molecule has 0 saturated carbocycles. The van der Waals surface area contributed by atoms with Crippen molar-refractivity contribution in [2.45, 2.75) is 0 Å². The average molecular weight is 202 g/mol. The Labute approximate surface area is 76.9 Å². The van der Waals surface area contributed by atoms with Crippen LogP contribution in [0.2, 0.25) is 0 Å². The van der Waals surface area contributed by atoms with Crippen LogP contribution < -0.4 is 11.5 Å². The van der Waals surface area contributed by atoms with Crippen molar-refractivity contribution >= 4 is 24.1 Å². The fourth-order valence-electron chi connectivity index (χ4n) is 0.600. The van der Waals surface area contributed by atoms with Gasteiger partial charge in [0.15, 0.2) is 0 Å². The summed E-state index contributed by atoms with van der Waals surface area (Å²) in [7, 11) is 0. The monoisotopic (exact) mass is 202 g/mol. The van der Waals surface area contributed by atoms with Gasteiger partial charge in [0.25, 0.3) is 0 Å². The molecule has 0 aromatic heterocycles. The molecule has 0 atom stereocenters. The molecule has 6 N–H and O–H groups in total. The molecule has 0 spiro atoms. The van der Waals surface area contributed by atoms with Crippen LogP contribution in [0.15, 0.2) is 0 Å². The number of guanidine groups is 2. The number of hydrogen-bond donors (Lipinski definition) is 4. The molecule has 0 unspecified atom stereocenters. The largest absolute Gasteiger partial charge is 0.476 e. The maximum absolute atomic E-state index is 10.9. The molecule has 0 bridgehead atoms. The second-order valence-corrected chi connectivity index (χ2v) is 2.07. The van der Waals surface area contributed by atoms with E-state index in [4.69, 9.17) is 22.3 Å². The molecule has 2 amide bonds. The van der Waals surface area contributed by atoms with Crippen molar-refractivity contribution in [1.82, 2.24) is 10.1 Å². The van der Waals surface area contributed by atoms with Gasteiger partial charge in [-0.15, -0.1) is 0 Å². The maximum atomic E-state index is 10.9. The number of rotatable bonds is 0. The second kappa shape index (κ2) is 3.08. The van der Waals surface area contributed by atoms with Crippen molar-refractivity contribution in [1.29, 1.82) is 10.8 Å². The van der Waals surface area contributed by atoms with E-state index in [0.29, 0.717) is 0 Å². The fourth-order valence-corrected chi connectivity index (χ4v) is 0.600. The van der Waals surface area contributed by atoms with Gasteiger partial charge in [-0.3, -0.25) is 10.8 Å². The smallest absolute Gasteiger partial charge is 0.367 e. The molecule has 10 heteroatoms. The molecule has 1 aliphatic rings. The first-order valence-electron chi connectivity index (χ1n) is 3.15. The van der Waals surface area contributed by atoms with E-state index in [9.17, 15) is 9.59 Å². The summed E-state index contributed by atoms with van der Waals surface area (Å²) >= 11 is 0. The summed E-state index contributed by atoms with van der Waals surface area (Å²) in [6.45, 7) is 0. The van der Waals surface area contributed by atoms with Gasteiger partial charge in [0.2, 0.25) is 11.9 Å². The molecule has 14 heavy (non-hydrogen) atoms. The maximum Gasteiger partial charge on any atom is 0.476 e. The Morgan fingerprint density at radius 1 is 1.00 bits per heavy atom. The van der Waals surface area contributed by atoms with Crippen LogP contribution in [0.4, 0.5) is 9.59 Å². The van der Waals surface area contributed by atoms with Crippen LogP contribution >= 0.6 is 0 Å². The molecule has 1 fully saturated rings. The van der Waals surface area contributed by atoms with Gasteiger partial charge in [-0.1, -0.05) is 10.1 Å². The Morgan fingerprint density at radius 2 is 1.29 bits per heavy atom. The summed E-state index contributed by atoms with van der Waals surface area (Å²) in [6, 6.07) is 0. The minimum absolute atomic E-state index is 0.113. The number of nitrogens with zero attached hydrogens (tertiary/aromatic N) is 2. The summed E-state index contributed by atoms with van der Waals surface area (Å²) in [5.41, 5.74) is 9.74. The standard InChI is InChI=1S/C4H6N6O4/c5-1(6)9-3(11)14-10(2(7)8)4(12)13-9/h(H3,5,6)(H3,7,8). The highest BCUT2D eigenvalue weighted by Crippen LogP contribution is 2.08. The van der Waals surface area contributed by atoms with Crippen LogP contribution in [-0.4, -0.2) is 34.2 Å². The predicted molar refractivity (Wildman–Crippen MR) is 40.5 cm³/mol. The van der Waals surface area contributed by atoms with Crippen LogP contribution in [0.25, 0.3) is 0 Å². The normalized spacial score (nSPS) is 16.0. The van der Waals surface area contributed by atoms with Crippen molar-refractivity contribution in [2.75, 3.05) is 0 Å². The number of carbonyl (C=O) groups is 2. The average Bonchev–Trinajstić information content (AvgIpc) is 2.07. The third kappa shape index (κ3) is 1.48. The quantitative estimate of drug-likeness (QED) is 0.276. The Bertz CT molecular complexity index is 294. The number of carbonyl (C=O) groups excluding carboxylic acids is 2. The Kier molecular flexibility index (Phi) is 2.11. The van der Waals surface area contributed by atoms with Gasteiger partial charge in [0, 0.05) is 0 Å². The lowest BCUT2D eigenvalue weighted by atomic mass is 10.8. The van der Waals surface area contributed by atoms with Crippen LogP contribution in [0.3, 0.4) is 0 Å². The highest BCUT2D eigenvalue weighted by Gasteiger charge is 2.38. The Balaban J connectivity index is 2.82. The molecule has 0 aliphatic carbocycles. The van der Waals surface area contributed by atoms with E-state index in [2.05, 4.69) is 9.68 Å². The molecule has 1 saturated heterocycles. The zero-order chi connectivity index (χ0) is 10.9. The molecule has 0 radical (unpaired) electrons. The van der Waals surface area contributed by atoms with Crippen molar-refractivity contribution < 1.29 is 19.3 Å². The van der Waals surface area contributed by atoms with E-state index in [0.717, 1.165) is 0 Å². The van der Waals surface area contributed by atoms with Gasteiger partial charge in [-0.2, -0.15) is 0 Å². The lowest BCUT2D eigenvalue weighted by molar-refractivity contribution is -0.150. The number of nitrogens with two attached hydrogens (primary N) is 2. The first-order valence-corrected chi connectivity index (χ1v) is 3.15. The van der Waals surface area contributed by atoms with Crippen molar-refractivity contribution in [3.63, 3.8) is 0 Å². The lowest BCUT2D eigenvalue weighted by Gasteiger charge is -2.28. The fraction of sp³-hybridized carbons (Fsp3) is 0. The third-order valence-corrected chi connectivity index (χ3v) is 1.11. The van der Waals surface area contributed by atoms with E-state index >= 15 is 0 Å². The van der Waals surface area contributed by atoms with Crippen LogP contribution in [-0.2, 0) is 9.68 Å². The molecule has 1 aliphatic heterocycles. The predicted octanol–water partition coefficient (Wildman–Crippen LogP) is -1.51. The summed E-state index contributed by atoms with van der Waals surface area (Å²) in [6.07, 6.45) is -2.49. The lowest BCUT2D eigenvalue weighted by Crippen LogP contribution is -2.56. The minimum atomic E-state index is -1.24. The molecule has 10 nitrogen and oxygen atoms in total. The van der Waals surface area contributed by atoms with E-state index in [1.165, 1.54) is 0 Å². The van der Waals surface area contributed by atoms with Gasteiger partial charge in [0.05, 0.1) is 0 Å². The van der Waals surface area contributed by atoms with E-state index < -0.39 is 24.1 Å². The highest BCUT2D eigenvalue weighted by atomic mass is 16.9. The SMILES string of the molecule is N=C(N)N1OC(=O)N(C(=N)N)OC1=O. The third-order valence-electron chi connectivity index (χ3n) is 1.11. The second-order valence-electron chi connectivity index (χ2n) is 2.07. The number of nitrogens with one attached hydrogen (secondary N) is 2. The Morgan fingerprint density at radius 3 is 1.50 bits per heavy atom. The molecular weight excluding hydrogens is 196 g/mol. The van der Waals surface area contributed by atoms with Crippen LogP contribution in [0.1, 0.15) is 0 Å². The summed E-state index contributed by atoms with van der Waals surface area (Å²) in [5, 5.41) is 13.8. The van der Waals surface area contributed by atoms with E-state index in [-0.39, 0.29) is 10.1 Å². The van der Waals surface area contributed by atoms with Crippen molar-refractivity contribution in [3.8, 4) is 0 Å². The molecule has 0 aromatic rings. The van der Waals surface area contributed by atoms with E-state index in [1.807, 2.05) is 0 Å². The first-order chi connectivity index (χ1) is 6.43. The number of hydroxylamine groups is 4. The molecular formula is C4H6N6O4. The van der Waals surface area contributed by atoms with Crippen molar-refractivity contribution in [3.05, 3.63) is 0 Å².